The first kappa shape index (κ1) is 28.2. The van der Waals surface area contributed by atoms with Crippen molar-refractivity contribution >= 4 is 52.6 Å². The number of piperazine rings is 1. The van der Waals surface area contributed by atoms with Crippen LogP contribution in [0.2, 0.25) is 10.0 Å². The highest BCUT2D eigenvalue weighted by atomic mass is 35.5. The van der Waals surface area contributed by atoms with Crippen LogP contribution in [0.25, 0.3) is 0 Å². The molecular weight excluding hydrogens is 545 g/mol. The first-order valence-corrected chi connectivity index (χ1v) is 12.8. The van der Waals surface area contributed by atoms with Crippen molar-refractivity contribution in [2.24, 2.45) is 0 Å². The van der Waals surface area contributed by atoms with Crippen molar-refractivity contribution in [1.29, 1.82) is 0 Å². The predicted octanol–water partition coefficient (Wildman–Crippen LogP) is 4.55. The molecule has 11 nitrogen and oxygen atoms in total. The largest absolute Gasteiger partial charge is 0.444 e. The molecule has 3 heterocycles. The van der Waals surface area contributed by atoms with Gasteiger partial charge in [0.25, 0.3) is 11.8 Å². The maximum absolute atomic E-state index is 13.8. The van der Waals surface area contributed by atoms with Gasteiger partial charge in [-0.2, -0.15) is 0 Å². The zero-order chi connectivity index (χ0) is 28.2. The molecule has 13 heteroatoms. The van der Waals surface area contributed by atoms with Gasteiger partial charge in [-0.3, -0.25) is 14.6 Å². The van der Waals surface area contributed by atoms with Gasteiger partial charge < -0.3 is 15.0 Å². The van der Waals surface area contributed by atoms with Gasteiger partial charge in [-0.1, -0.05) is 23.2 Å². The normalized spacial score (nSPS) is 14.0. The van der Waals surface area contributed by atoms with Crippen molar-refractivity contribution in [3.8, 4) is 0 Å². The fourth-order valence-corrected chi connectivity index (χ4v) is 4.11. The molecule has 0 saturated carbocycles. The number of benzene rings is 1. The van der Waals surface area contributed by atoms with E-state index in [0.717, 1.165) is 0 Å². The first-order valence-electron chi connectivity index (χ1n) is 12.1. The lowest BCUT2D eigenvalue weighted by atomic mass is 10.1. The van der Waals surface area contributed by atoms with Gasteiger partial charge in [0.1, 0.15) is 17.1 Å². The minimum atomic E-state index is -0.632. The number of rotatable bonds is 5. The molecule has 1 fully saturated rings. The van der Waals surface area contributed by atoms with E-state index in [1.807, 2.05) is 0 Å². The highest BCUT2D eigenvalue weighted by Gasteiger charge is 2.34. The molecule has 204 valence electrons. The van der Waals surface area contributed by atoms with Crippen molar-refractivity contribution in [1.82, 2.24) is 24.9 Å². The molecule has 2 aromatic heterocycles. The maximum Gasteiger partial charge on any atom is 0.410 e. The van der Waals surface area contributed by atoms with Crippen LogP contribution >= 0.6 is 23.2 Å². The van der Waals surface area contributed by atoms with Crippen molar-refractivity contribution in [2.75, 3.05) is 36.5 Å². The molecule has 0 unspecified atom stereocenters. The fraction of sp³-hybridized carbons (Fsp3) is 0.308. The third-order valence-corrected chi connectivity index (χ3v) is 6.02. The number of aromatic nitrogens is 3. The van der Waals surface area contributed by atoms with Crippen LogP contribution in [-0.2, 0) is 4.74 Å². The lowest BCUT2D eigenvalue weighted by molar-refractivity contribution is 0.0136. The van der Waals surface area contributed by atoms with Crippen LogP contribution in [0.5, 0.6) is 0 Å². The summed E-state index contributed by atoms with van der Waals surface area (Å²) in [4.78, 5) is 53.6. The molecule has 0 aliphatic carbocycles. The quantitative estimate of drug-likeness (QED) is 0.473. The molecule has 1 aromatic carbocycles. The Morgan fingerprint density at radius 2 is 1.67 bits per heavy atom. The Kier molecular flexibility index (Phi) is 8.63. The molecule has 3 aromatic rings. The molecule has 0 spiro atoms. The molecule has 0 radical (unpaired) electrons. The molecule has 4 rings (SSSR count). The van der Waals surface area contributed by atoms with E-state index in [1.165, 1.54) is 35.9 Å². The van der Waals surface area contributed by atoms with E-state index >= 15 is 0 Å². The van der Waals surface area contributed by atoms with E-state index in [4.69, 9.17) is 27.9 Å². The summed E-state index contributed by atoms with van der Waals surface area (Å²) >= 11 is 12.2. The molecule has 0 atom stereocenters. The van der Waals surface area contributed by atoms with Crippen LogP contribution in [0, 0.1) is 0 Å². The Morgan fingerprint density at radius 1 is 0.949 bits per heavy atom. The minimum Gasteiger partial charge on any atom is -0.444 e. The van der Waals surface area contributed by atoms with Gasteiger partial charge >= 0.3 is 6.09 Å². The number of hydrogen-bond acceptors (Lipinski definition) is 8. The van der Waals surface area contributed by atoms with Crippen molar-refractivity contribution in [2.45, 2.75) is 26.4 Å². The summed E-state index contributed by atoms with van der Waals surface area (Å²) in [5, 5.41) is 6.55. The summed E-state index contributed by atoms with van der Waals surface area (Å²) in [6, 6.07) is 7.79. The molecule has 1 N–H and O–H groups in total. The van der Waals surface area contributed by atoms with Gasteiger partial charge in [0, 0.05) is 49.8 Å². The summed E-state index contributed by atoms with van der Waals surface area (Å²) in [5.74, 6) is -0.769. The second-order valence-corrected chi connectivity index (χ2v) is 10.5. The van der Waals surface area contributed by atoms with E-state index in [0.29, 0.717) is 23.1 Å². The fourth-order valence-electron chi connectivity index (χ4n) is 3.82. The molecule has 39 heavy (non-hydrogen) atoms. The second-order valence-electron chi connectivity index (χ2n) is 9.61. The summed E-state index contributed by atoms with van der Waals surface area (Å²) in [6.07, 6.45) is 5.19. The highest BCUT2D eigenvalue weighted by molar-refractivity contribution is 6.31. The third-order valence-electron chi connectivity index (χ3n) is 5.57. The number of pyridine rings is 1. The van der Waals surface area contributed by atoms with E-state index in [-0.39, 0.29) is 35.9 Å². The first-order chi connectivity index (χ1) is 18.5. The van der Waals surface area contributed by atoms with E-state index in [9.17, 15) is 14.4 Å². The van der Waals surface area contributed by atoms with Crippen molar-refractivity contribution < 1.29 is 19.1 Å². The van der Waals surface area contributed by atoms with E-state index < -0.39 is 23.5 Å². The third kappa shape index (κ3) is 7.20. The predicted molar refractivity (Wildman–Crippen MR) is 147 cm³/mol. The summed E-state index contributed by atoms with van der Waals surface area (Å²) in [7, 11) is 0. The van der Waals surface area contributed by atoms with Gasteiger partial charge in [-0.25, -0.2) is 24.8 Å². The number of nitrogens with zero attached hydrogens (tertiary/aromatic N) is 6. The van der Waals surface area contributed by atoms with Crippen LogP contribution in [0.4, 0.5) is 16.3 Å². The van der Waals surface area contributed by atoms with Crippen LogP contribution in [0.15, 0.2) is 55.1 Å². The number of carbonyl (C=O) groups excluding carboxylic acids is 3. The molecule has 1 saturated heterocycles. The molecule has 3 amide bonds. The van der Waals surface area contributed by atoms with Gasteiger partial charge in [-0.05, 0) is 51.1 Å². The smallest absolute Gasteiger partial charge is 0.410 e. The number of hydrazine groups is 1. The molecular formula is C26H27Cl2N7O4. The number of hydrogen-bond donors (Lipinski definition) is 1. The maximum atomic E-state index is 13.8. The number of amides is 3. The summed E-state index contributed by atoms with van der Waals surface area (Å²) in [6.45, 7) is 6.56. The Balaban J connectivity index is 1.66. The highest BCUT2D eigenvalue weighted by Crippen LogP contribution is 2.29. The number of carbonyl (C=O) groups is 3. The van der Waals surface area contributed by atoms with Gasteiger partial charge in [0.05, 0.1) is 22.5 Å². The van der Waals surface area contributed by atoms with Gasteiger partial charge in [0.2, 0.25) is 0 Å². The van der Waals surface area contributed by atoms with Gasteiger partial charge in [-0.15, -0.1) is 0 Å². The SMILES string of the molecule is CC(C)(C)OC(=O)N1CCN(N(C(=O)c2cnccn2)c2ccc(Cl)cc2C(=O)Nc2ccc(Cl)cn2)CC1. The Morgan fingerprint density at radius 3 is 2.28 bits per heavy atom. The van der Waals surface area contributed by atoms with Crippen LogP contribution in [0.3, 0.4) is 0 Å². The topological polar surface area (TPSA) is 121 Å². The number of halogens is 2. The molecule has 0 bridgehead atoms. The summed E-state index contributed by atoms with van der Waals surface area (Å²) in [5.41, 5.74) is -0.154. The van der Waals surface area contributed by atoms with Gasteiger partial charge in [0.15, 0.2) is 0 Å². The summed E-state index contributed by atoms with van der Waals surface area (Å²) < 4.78 is 5.49. The van der Waals surface area contributed by atoms with Crippen molar-refractivity contribution in [3.05, 3.63) is 76.4 Å². The van der Waals surface area contributed by atoms with E-state index in [1.54, 1.807) is 54.9 Å². The monoisotopic (exact) mass is 571 g/mol. The Bertz CT molecular complexity index is 1340. The van der Waals surface area contributed by atoms with E-state index in [2.05, 4.69) is 20.3 Å². The van der Waals surface area contributed by atoms with Crippen molar-refractivity contribution in [3.63, 3.8) is 0 Å². The molecule has 1 aliphatic heterocycles. The average Bonchev–Trinajstić information content (AvgIpc) is 2.90. The Hall–Kier alpha value is -3.80. The zero-order valence-corrected chi connectivity index (χ0v) is 23.1. The second kappa shape index (κ2) is 11.9. The minimum absolute atomic E-state index is 0.0766. The number of ether oxygens (including phenoxy) is 1. The lowest BCUT2D eigenvalue weighted by Crippen LogP contribution is -2.57. The van der Waals surface area contributed by atoms with Crippen LogP contribution < -0.4 is 10.3 Å². The van der Waals surface area contributed by atoms with Crippen LogP contribution in [0.1, 0.15) is 41.6 Å². The van der Waals surface area contributed by atoms with Crippen LogP contribution in [-0.4, -0.2) is 74.5 Å². The standard InChI is InChI=1S/C26H27Cl2N7O4/c1-26(2,3)39-25(38)33-10-12-34(13-11-33)35(24(37)20-16-29-8-9-30-20)21-6-4-17(27)14-19(21)23(36)32-22-7-5-18(28)15-31-22/h4-9,14-16H,10-13H2,1-3H3,(H,31,32,36). The zero-order valence-electron chi connectivity index (χ0n) is 21.6. The number of anilines is 2. The lowest BCUT2D eigenvalue weighted by Gasteiger charge is -2.41. The average molecular weight is 572 g/mol. The Labute approximate surface area is 235 Å². The number of nitrogens with one attached hydrogen (secondary N) is 1. The molecule has 1 aliphatic rings.